The molecule has 2 unspecified atom stereocenters. The summed E-state index contributed by atoms with van der Waals surface area (Å²) in [7, 11) is 0. The minimum Gasteiger partial charge on any atom is -0.348 e. The van der Waals surface area contributed by atoms with Crippen LogP contribution in [0.15, 0.2) is 12.3 Å². The average Bonchev–Trinajstić information content (AvgIpc) is 2.97. The van der Waals surface area contributed by atoms with Crippen molar-refractivity contribution in [2.45, 2.75) is 96.2 Å². The van der Waals surface area contributed by atoms with Crippen molar-refractivity contribution in [3.8, 4) is 0 Å². The summed E-state index contributed by atoms with van der Waals surface area (Å²) in [6.07, 6.45) is 10.5. The van der Waals surface area contributed by atoms with Gasteiger partial charge in [0, 0.05) is 56.2 Å². The van der Waals surface area contributed by atoms with E-state index in [1.807, 2.05) is 13.1 Å². The van der Waals surface area contributed by atoms with Crippen molar-refractivity contribution in [2.24, 2.45) is 5.92 Å². The maximum Gasteiger partial charge on any atom is 0.133 e. The number of carbonyl (C=O) groups excluding carboxylic acids is 1. The molecule has 1 aromatic rings. The van der Waals surface area contributed by atoms with Crippen LogP contribution >= 0.6 is 0 Å². The predicted octanol–water partition coefficient (Wildman–Crippen LogP) is 4.18. The average molecular weight is 385 g/mol. The minimum absolute atomic E-state index is 0.415. The van der Waals surface area contributed by atoms with Crippen LogP contribution in [0.3, 0.4) is 0 Å². The molecule has 1 aromatic heterocycles. The van der Waals surface area contributed by atoms with Crippen LogP contribution in [0.4, 0.5) is 5.82 Å². The zero-order valence-corrected chi connectivity index (χ0v) is 17.8. The fraction of sp³-hybridized carbons (Fsp3) is 0.783. The lowest BCUT2D eigenvalue weighted by atomic mass is 9.79. The van der Waals surface area contributed by atoms with Gasteiger partial charge in [-0.15, -0.1) is 0 Å². The van der Waals surface area contributed by atoms with Crippen LogP contribution < -0.4 is 4.90 Å². The van der Waals surface area contributed by atoms with Gasteiger partial charge in [-0.2, -0.15) is 0 Å². The number of hydrogen-bond donors (Lipinski definition) is 0. The molecule has 0 N–H and O–H groups in total. The first-order valence-corrected chi connectivity index (χ1v) is 11.4. The van der Waals surface area contributed by atoms with Crippen molar-refractivity contribution in [1.82, 2.24) is 14.9 Å². The molecule has 2 atom stereocenters. The van der Waals surface area contributed by atoms with E-state index >= 15 is 0 Å². The molecule has 2 saturated heterocycles. The fourth-order valence-corrected chi connectivity index (χ4v) is 5.53. The molecule has 3 heterocycles. The number of fused-ring (bicyclic) bond motifs is 2. The Balaban J connectivity index is 1.41. The lowest BCUT2D eigenvalue weighted by Gasteiger charge is -2.43. The molecule has 3 aliphatic rings. The Bertz CT molecular complexity index is 669. The van der Waals surface area contributed by atoms with Crippen molar-refractivity contribution in [1.29, 1.82) is 0 Å². The highest BCUT2D eigenvalue weighted by atomic mass is 16.1. The van der Waals surface area contributed by atoms with Gasteiger partial charge < -0.3 is 4.90 Å². The Morgan fingerprint density at radius 1 is 1.11 bits per heavy atom. The molecular weight excluding hydrogens is 348 g/mol. The highest BCUT2D eigenvalue weighted by Crippen LogP contribution is 2.38. The van der Waals surface area contributed by atoms with Gasteiger partial charge >= 0.3 is 0 Å². The summed E-state index contributed by atoms with van der Waals surface area (Å²) < 4.78 is 0. The number of hydrogen-bond acceptors (Lipinski definition) is 5. The molecule has 0 amide bonds. The van der Waals surface area contributed by atoms with Gasteiger partial charge in [-0.3, -0.25) is 9.69 Å². The standard InChI is InChI=1S/C23H36N4O/c1-4-21(28)13-17-5-7-18(8-6-17)23-24-12-11-22(25-23)27-19-9-10-20(27)15-26(14-19)16(2)3/h11-12,16-20H,4-10,13-15H2,1-3H3/t17-,18-,19?,20?. The van der Waals surface area contributed by atoms with Crippen LogP contribution in [0.2, 0.25) is 0 Å². The molecule has 1 aliphatic carbocycles. The van der Waals surface area contributed by atoms with Gasteiger partial charge in [0.2, 0.25) is 0 Å². The lowest BCUT2D eigenvalue weighted by molar-refractivity contribution is -0.119. The first-order chi connectivity index (χ1) is 13.5. The van der Waals surface area contributed by atoms with Crippen molar-refractivity contribution < 1.29 is 4.79 Å². The van der Waals surface area contributed by atoms with Gasteiger partial charge in [0.15, 0.2) is 0 Å². The van der Waals surface area contributed by atoms with Crippen LogP contribution in [0.5, 0.6) is 0 Å². The van der Waals surface area contributed by atoms with Crippen LogP contribution in [0, 0.1) is 5.92 Å². The highest BCUT2D eigenvalue weighted by Gasteiger charge is 2.41. The zero-order valence-electron chi connectivity index (χ0n) is 17.8. The number of aromatic nitrogens is 2. The maximum atomic E-state index is 11.8. The maximum absolute atomic E-state index is 11.8. The Kier molecular flexibility index (Phi) is 6.00. The van der Waals surface area contributed by atoms with Crippen LogP contribution in [0.25, 0.3) is 0 Å². The molecule has 2 bridgehead atoms. The summed E-state index contributed by atoms with van der Waals surface area (Å²) in [5.41, 5.74) is 0. The number of piperazine rings is 1. The SMILES string of the molecule is CCC(=O)C[C@H]1CC[C@H](c2nccc(N3C4CCC3CN(C(C)C)C4)n2)CC1. The van der Waals surface area contributed by atoms with Crippen molar-refractivity contribution >= 4 is 11.6 Å². The number of Topliss-reactive ketones (excluding diaryl/α,β-unsaturated/α-hetero) is 1. The van der Waals surface area contributed by atoms with Crippen LogP contribution in [0.1, 0.15) is 83.9 Å². The van der Waals surface area contributed by atoms with Crippen molar-refractivity contribution in [3.63, 3.8) is 0 Å². The summed E-state index contributed by atoms with van der Waals surface area (Å²) in [4.78, 5) is 26.7. The topological polar surface area (TPSA) is 49.3 Å². The third-order valence-electron chi connectivity index (χ3n) is 7.29. The number of ketones is 1. The largest absolute Gasteiger partial charge is 0.348 e. The molecule has 0 aromatic carbocycles. The molecule has 5 heteroatoms. The summed E-state index contributed by atoms with van der Waals surface area (Å²) in [5.74, 6) is 3.62. The van der Waals surface area contributed by atoms with E-state index in [1.165, 1.54) is 12.8 Å². The third kappa shape index (κ3) is 4.10. The monoisotopic (exact) mass is 384 g/mol. The second-order valence-electron chi connectivity index (χ2n) is 9.43. The van der Waals surface area contributed by atoms with Crippen molar-refractivity contribution in [3.05, 3.63) is 18.1 Å². The van der Waals surface area contributed by atoms with E-state index in [0.717, 1.165) is 56.8 Å². The first-order valence-electron chi connectivity index (χ1n) is 11.4. The number of anilines is 1. The van der Waals surface area contributed by atoms with Gasteiger partial charge in [0.05, 0.1) is 0 Å². The molecule has 2 aliphatic heterocycles. The number of likely N-dealkylation sites (tertiary alicyclic amines) is 1. The molecule has 154 valence electrons. The molecule has 4 rings (SSSR count). The van der Waals surface area contributed by atoms with Gasteiger partial charge in [0.1, 0.15) is 17.4 Å². The van der Waals surface area contributed by atoms with Crippen LogP contribution in [-0.4, -0.2) is 51.9 Å². The first kappa shape index (κ1) is 19.8. The molecule has 28 heavy (non-hydrogen) atoms. The van der Waals surface area contributed by atoms with E-state index in [-0.39, 0.29) is 0 Å². The Morgan fingerprint density at radius 2 is 1.79 bits per heavy atom. The molecule has 0 radical (unpaired) electrons. The lowest BCUT2D eigenvalue weighted by Crippen LogP contribution is -2.55. The van der Waals surface area contributed by atoms with Gasteiger partial charge in [-0.25, -0.2) is 9.97 Å². The number of rotatable bonds is 6. The summed E-state index contributed by atoms with van der Waals surface area (Å²) >= 11 is 0. The second kappa shape index (κ2) is 8.48. The normalized spacial score (nSPS) is 30.8. The summed E-state index contributed by atoms with van der Waals surface area (Å²) in [6.45, 7) is 8.90. The molecular formula is C23H36N4O. The summed E-state index contributed by atoms with van der Waals surface area (Å²) in [6, 6.07) is 3.94. The predicted molar refractivity (Wildman–Crippen MR) is 113 cm³/mol. The fourth-order valence-electron chi connectivity index (χ4n) is 5.53. The smallest absolute Gasteiger partial charge is 0.133 e. The number of nitrogens with zero attached hydrogens (tertiary/aromatic N) is 4. The minimum atomic E-state index is 0.415. The quantitative estimate of drug-likeness (QED) is 0.736. The van der Waals surface area contributed by atoms with Crippen molar-refractivity contribution in [2.75, 3.05) is 18.0 Å². The molecule has 3 fully saturated rings. The molecule has 5 nitrogen and oxygen atoms in total. The third-order valence-corrected chi connectivity index (χ3v) is 7.29. The number of carbonyl (C=O) groups is 1. The summed E-state index contributed by atoms with van der Waals surface area (Å²) in [5, 5.41) is 0. The highest BCUT2D eigenvalue weighted by molar-refractivity contribution is 5.78. The van der Waals surface area contributed by atoms with Gasteiger partial charge in [0.25, 0.3) is 0 Å². The molecule has 1 saturated carbocycles. The van der Waals surface area contributed by atoms with Gasteiger partial charge in [-0.1, -0.05) is 6.92 Å². The van der Waals surface area contributed by atoms with Crippen LogP contribution in [-0.2, 0) is 4.79 Å². The Morgan fingerprint density at radius 3 is 2.39 bits per heavy atom. The zero-order chi connectivity index (χ0) is 19.7. The van der Waals surface area contributed by atoms with E-state index in [1.54, 1.807) is 0 Å². The van der Waals surface area contributed by atoms with E-state index < -0.39 is 0 Å². The Labute approximate surface area is 169 Å². The van der Waals surface area contributed by atoms with E-state index in [2.05, 4.69) is 34.7 Å². The Hall–Kier alpha value is -1.49. The van der Waals surface area contributed by atoms with Gasteiger partial charge in [-0.05, 0) is 64.4 Å². The van der Waals surface area contributed by atoms with E-state index in [9.17, 15) is 4.79 Å². The van der Waals surface area contributed by atoms with E-state index in [0.29, 0.717) is 42.2 Å². The molecule has 0 spiro atoms. The van der Waals surface area contributed by atoms with E-state index in [4.69, 9.17) is 4.98 Å². The second-order valence-corrected chi connectivity index (χ2v) is 9.43.